The summed E-state index contributed by atoms with van der Waals surface area (Å²) in [6, 6.07) is 18.9. The molecule has 3 heterocycles. The maximum Gasteiger partial charge on any atom is 0.421 e. The molecule has 0 spiro atoms. The molecule has 5 unspecified atom stereocenters. The van der Waals surface area contributed by atoms with Gasteiger partial charge in [0.15, 0.2) is 26.5 Å². The fraction of sp³-hybridized carbons (Fsp3) is 0.500. The van der Waals surface area contributed by atoms with Gasteiger partial charge in [0.1, 0.15) is 23.4 Å². The van der Waals surface area contributed by atoms with Crippen LogP contribution < -0.4 is 14.2 Å². The zero-order valence-electron chi connectivity index (χ0n) is 26.9. The number of aryl methyl sites for hydroxylation is 1. The predicted octanol–water partition coefficient (Wildman–Crippen LogP) is 9.33. The molecule has 0 bridgehead atoms. The second-order valence-corrected chi connectivity index (χ2v) is 17.9. The van der Waals surface area contributed by atoms with E-state index in [9.17, 15) is 0 Å². The first-order chi connectivity index (χ1) is 21.9. The molecule has 0 N–H and O–H groups in total. The van der Waals surface area contributed by atoms with Crippen molar-refractivity contribution in [2.24, 2.45) is 0 Å². The molecule has 46 heavy (non-hydrogen) atoms. The summed E-state index contributed by atoms with van der Waals surface area (Å²) < 4.78 is 85.3. The molecular formula is C36H43F3O6Si. The molecule has 3 aromatic rings. The molecule has 3 aliphatic rings. The van der Waals surface area contributed by atoms with Crippen LogP contribution in [0.4, 0.5) is 13.2 Å². The molecule has 0 saturated carbocycles. The molecule has 0 amide bonds. The minimum Gasteiger partial charge on any atom is -0.485 e. The number of fused-ring (bicyclic) bond motifs is 1. The van der Waals surface area contributed by atoms with Crippen molar-refractivity contribution < 1.29 is 41.3 Å². The summed E-state index contributed by atoms with van der Waals surface area (Å²) in [7, 11) is -2.89. The molecule has 3 aromatic carbocycles. The molecule has 248 valence electrons. The van der Waals surface area contributed by atoms with Crippen molar-refractivity contribution in [3.05, 3.63) is 89.0 Å². The second-order valence-electron chi connectivity index (χ2n) is 13.4. The van der Waals surface area contributed by atoms with Crippen LogP contribution in [0.3, 0.4) is 0 Å². The number of alkyl halides is 3. The van der Waals surface area contributed by atoms with Gasteiger partial charge in [-0.3, -0.25) is 0 Å². The van der Waals surface area contributed by atoms with Crippen LogP contribution in [0.5, 0.6) is 17.2 Å². The van der Waals surface area contributed by atoms with Gasteiger partial charge < -0.3 is 28.1 Å². The van der Waals surface area contributed by atoms with Crippen LogP contribution in [0.25, 0.3) is 0 Å². The highest BCUT2D eigenvalue weighted by Gasteiger charge is 2.68. The van der Waals surface area contributed by atoms with Crippen LogP contribution in [0.15, 0.2) is 66.7 Å². The van der Waals surface area contributed by atoms with E-state index >= 15 is 13.2 Å². The van der Waals surface area contributed by atoms with E-state index in [1.807, 2.05) is 31.2 Å². The van der Waals surface area contributed by atoms with E-state index in [-0.39, 0.29) is 23.4 Å². The van der Waals surface area contributed by atoms with Crippen LogP contribution in [-0.2, 0) is 19.5 Å². The molecule has 6 nitrogen and oxygen atoms in total. The van der Waals surface area contributed by atoms with Crippen molar-refractivity contribution in [3.8, 4) is 17.2 Å². The molecule has 10 heteroatoms. The summed E-state index contributed by atoms with van der Waals surface area (Å²) in [6.07, 6.45) is -1.45. The lowest BCUT2D eigenvalue weighted by Crippen LogP contribution is -2.58. The summed E-state index contributed by atoms with van der Waals surface area (Å²) in [5, 5.41) is 0. The Kier molecular flexibility index (Phi) is 9.44. The summed E-state index contributed by atoms with van der Waals surface area (Å²) >= 11 is 0. The Labute approximate surface area is 270 Å². The van der Waals surface area contributed by atoms with Gasteiger partial charge in [-0.2, -0.15) is 13.2 Å². The average molecular weight is 657 g/mol. The number of hydrogen-bond acceptors (Lipinski definition) is 6. The van der Waals surface area contributed by atoms with Crippen molar-refractivity contribution in [2.75, 3.05) is 13.2 Å². The fourth-order valence-electron chi connectivity index (χ4n) is 6.64. The lowest BCUT2D eigenvalue weighted by molar-refractivity contribution is -0.280. The summed E-state index contributed by atoms with van der Waals surface area (Å²) in [5.74, 6) is -0.364. The van der Waals surface area contributed by atoms with Crippen LogP contribution >= 0.6 is 0 Å². The van der Waals surface area contributed by atoms with E-state index in [1.54, 1.807) is 56.0 Å². The predicted molar refractivity (Wildman–Crippen MR) is 171 cm³/mol. The van der Waals surface area contributed by atoms with Gasteiger partial charge in [-0.05, 0) is 93.7 Å². The van der Waals surface area contributed by atoms with E-state index in [1.165, 1.54) is 6.07 Å². The van der Waals surface area contributed by atoms with Crippen LogP contribution in [0.1, 0.15) is 72.8 Å². The second kappa shape index (κ2) is 13.2. The fourth-order valence-corrected chi connectivity index (χ4v) is 7.96. The third kappa shape index (κ3) is 6.95. The molecule has 2 fully saturated rings. The summed E-state index contributed by atoms with van der Waals surface area (Å²) in [4.78, 5) is 0. The standard InChI is InChI=1S/C36H43F3O6Si/c1-24-11-13-26(14-12-24)34-33(25-15-17-27(18-16-25)42-31-9-5-7-21-40-31)35(36(37,38)39,45-46(2,3)4)29-23-28(19-20-30(29)44-34)43-32-10-6-8-22-41-32/h11-20,23,31-34H,5-10,21-22H2,1-4H3. The monoisotopic (exact) mass is 656 g/mol. The van der Waals surface area contributed by atoms with E-state index in [2.05, 4.69) is 0 Å². The lowest BCUT2D eigenvalue weighted by Gasteiger charge is -2.51. The number of hydrogen-bond donors (Lipinski definition) is 0. The van der Waals surface area contributed by atoms with Crippen molar-refractivity contribution in [2.45, 2.75) is 101 Å². The number of halogens is 3. The zero-order valence-corrected chi connectivity index (χ0v) is 27.9. The number of ether oxygens (including phenoxy) is 5. The molecule has 3 aliphatic heterocycles. The van der Waals surface area contributed by atoms with Crippen molar-refractivity contribution in [1.29, 1.82) is 0 Å². The van der Waals surface area contributed by atoms with Gasteiger partial charge >= 0.3 is 6.18 Å². The maximum absolute atomic E-state index is 16.2. The van der Waals surface area contributed by atoms with Gasteiger partial charge in [-0.25, -0.2) is 0 Å². The van der Waals surface area contributed by atoms with Gasteiger partial charge in [0.25, 0.3) is 0 Å². The van der Waals surface area contributed by atoms with Gasteiger partial charge in [0.05, 0.1) is 19.1 Å². The first kappa shape index (κ1) is 32.9. The minimum absolute atomic E-state index is 0.0972. The summed E-state index contributed by atoms with van der Waals surface area (Å²) in [5.41, 5.74) is -0.802. The average Bonchev–Trinajstić information content (AvgIpc) is 3.02. The van der Waals surface area contributed by atoms with Gasteiger partial charge in [0.2, 0.25) is 0 Å². The van der Waals surface area contributed by atoms with Gasteiger partial charge in [-0.1, -0.05) is 42.0 Å². The topological polar surface area (TPSA) is 55.4 Å². The van der Waals surface area contributed by atoms with Crippen molar-refractivity contribution in [3.63, 3.8) is 0 Å². The number of rotatable bonds is 8. The quantitative estimate of drug-likeness (QED) is 0.225. The third-order valence-electron chi connectivity index (χ3n) is 8.69. The SMILES string of the molecule is Cc1ccc(C2Oc3ccc(OC4CCCCO4)cc3C(O[Si](C)(C)C)(C(F)(F)F)C2c2ccc(OC3CCCCO3)cc2)cc1. The highest BCUT2D eigenvalue weighted by molar-refractivity contribution is 6.69. The highest BCUT2D eigenvalue weighted by atomic mass is 28.4. The third-order valence-corrected chi connectivity index (χ3v) is 9.62. The molecular weight excluding hydrogens is 613 g/mol. The Bertz CT molecular complexity index is 1460. The minimum atomic E-state index is -4.83. The Balaban J connectivity index is 1.51. The van der Waals surface area contributed by atoms with E-state index in [4.69, 9.17) is 28.1 Å². The van der Waals surface area contributed by atoms with E-state index in [0.717, 1.165) is 37.7 Å². The van der Waals surface area contributed by atoms with Gasteiger partial charge in [0, 0.05) is 18.4 Å². The molecule has 2 saturated heterocycles. The van der Waals surface area contributed by atoms with E-state index < -0.39 is 38.4 Å². The normalized spacial score (nSPS) is 26.9. The van der Waals surface area contributed by atoms with Crippen LogP contribution in [0.2, 0.25) is 19.6 Å². The molecule has 0 radical (unpaired) electrons. The Morgan fingerprint density at radius 2 is 1.30 bits per heavy atom. The maximum atomic E-state index is 16.2. The molecule has 5 atom stereocenters. The van der Waals surface area contributed by atoms with Crippen LogP contribution in [0, 0.1) is 6.92 Å². The number of benzene rings is 3. The van der Waals surface area contributed by atoms with Crippen LogP contribution in [-0.4, -0.2) is 40.3 Å². The molecule has 0 aromatic heterocycles. The first-order valence-corrected chi connectivity index (χ1v) is 19.6. The van der Waals surface area contributed by atoms with Gasteiger partial charge in [-0.15, -0.1) is 0 Å². The Hall–Kier alpha value is -3.05. The van der Waals surface area contributed by atoms with E-state index in [0.29, 0.717) is 36.5 Å². The Morgan fingerprint density at radius 3 is 1.85 bits per heavy atom. The van der Waals surface area contributed by atoms with Crippen molar-refractivity contribution >= 4 is 8.32 Å². The highest BCUT2D eigenvalue weighted by Crippen LogP contribution is 2.63. The molecule has 0 aliphatic carbocycles. The van der Waals surface area contributed by atoms with Crippen molar-refractivity contribution in [1.82, 2.24) is 0 Å². The zero-order chi connectivity index (χ0) is 32.5. The Morgan fingerprint density at radius 1 is 0.739 bits per heavy atom. The largest absolute Gasteiger partial charge is 0.485 e. The summed E-state index contributed by atoms with van der Waals surface area (Å²) in [6.45, 7) is 8.47. The smallest absolute Gasteiger partial charge is 0.421 e. The first-order valence-electron chi connectivity index (χ1n) is 16.2. The lowest BCUT2D eigenvalue weighted by atomic mass is 9.70. The molecule has 6 rings (SSSR count).